The van der Waals surface area contributed by atoms with Crippen LogP contribution in [-0.2, 0) is 5.79 Å². The van der Waals surface area contributed by atoms with Crippen LogP contribution in [0.4, 0.5) is 0 Å². The summed E-state index contributed by atoms with van der Waals surface area (Å²) in [5, 5.41) is 20.9. The van der Waals surface area contributed by atoms with Crippen LogP contribution in [0.2, 0.25) is 0 Å². The van der Waals surface area contributed by atoms with Crippen molar-refractivity contribution in [1.82, 2.24) is 0 Å². The highest BCUT2D eigenvalue weighted by Crippen LogP contribution is 2.36. The first-order valence-corrected chi connectivity index (χ1v) is 6.21. The van der Waals surface area contributed by atoms with Gasteiger partial charge in [0.15, 0.2) is 5.79 Å². The van der Waals surface area contributed by atoms with Crippen molar-refractivity contribution in [3.05, 3.63) is 71.8 Å². The fourth-order valence-corrected chi connectivity index (χ4v) is 2.32. The average Bonchev–Trinajstić information content (AvgIpc) is 2.41. The van der Waals surface area contributed by atoms with Gasteiger partial charge in [-0.15, -0.1) is 0 Å². The standard InChI is InChI=1S/C16H18O2/c1-2-15(13-9-5-3-6-10-13)16(17,18)14-11-7-4-8-12-14/h3-12,15,17-18H,2H2,1H3. The topological polar surface area (TPSA) is 40.5 Å². The van der Waals surface area contributed by atoms with E-state index in [1.54, 1.807) is 12.1 Å². The van der Waals surface area contributed by atoms with E-state index in [0.29, 0.717) is 12.0 Å². The Morgan fingerprint density at radius 2 is 1.39 bits per heavy atom. The lowest BCUT2D eigenvalue weighted by atomic mass is 9.84. The molecule has 0 aliphatic heterocycles. The second-order valence-corrected chi connectivity index (χ2v) is 4.46. The first-order chi connectivity index (χ1) is 8.66. The van der Waals surface area contributed by atoms with Crippen molar-refractivity contribution >= 4 is 0 Å². The summed E-state index contributed by atoms with van der Waals surface area (Å²) in [6.07, 6.45) is 0.659. The number of hydrogen-bond donors (Lipinski definition) is 2. The molecule has 2 aromatic rings. The molecule has 94 valence electrons. The third-order valence-corrected chi connectivity index (χ3v) is 3.29. The molecule has 0 amide bonds. The van der Waals surface area contributed by atoms with E-state index in [0.717, 1.165) is 5.56 Å². The zero-order chi connectivity index (χ0) is 13.0. The SMILES string of the molecule is CCC(c1ccccc1)C(O)(O)c1ccccc1. The van der Waals surface area contributed by atoms with Gasteiger partial charge in [0.2, 0.25) is 0 Å². The predicted octanol–water partition coefficient (Wildman–Crippen LogP) is 3.02. The maximum absolute atomic E-state index is 10.5. The fourth-order valence-electron chi connectivity index (χ4n) is 2.32. The van der Waals surface area contributed by atoms with Gasteiger partial charge in [0, 0.05) is 11.5 Å². The van der Waals surface area contributed by atoms with E-state index in [9.17, 15) is 10.2 Å². The molecule has 2 heteroatoms. The molecule has 0 aliphatic rings. The molecule has 0 heterocycles. The molecule has 0 saturated carbocycles. The lowest BCUT2D eigenvalue weighted by Gasteiger charge is -2.31. The molecule has 0 radical (unpaired) electrons. The van der Waals surface area contributed by atoms with Crippen LogP contribution in [0.1, 0.15) is 30.4 Å². The van der Waals surface area contributed by atoms with Crippen molar-refractivity contribution in [3.8, 4) is 0 Å². The van der Waals surface area contributed by atoms with Gasteiger partial charge in [0.1, 0.15) is 0 Å². The van der Waals surface area contributed by atoms with Crippen LogP contribution in [-0.4, -0.2) is 10.2 Å². The summed E-state index contributed by atoms with van der Waals surface area (Å²) in [6, 6.07) is 18.6. The van der Waals surface area contributed by atoms with Crippen molar-refractivity contribution < 1.29 is 10.2 Å². The van der Waals surface area contributed by atoms with E-state index in [4.69, 9.17) is 0 Å². The molecule has 2 nitrogen and oxygen atoms in total. The third-order valence-electron chi connectivity index (χ3n) is 3.29. The summed E-state index contributed by atoms with van der Waals surface area (Å²) in [5.74, 6) is -2.17. The summed E-state index contributed by atoms with van der Waals surface area (Å²) in [7, 11) is 0. The second-order valence-electron chi connectivity index (χ2n) is 4.46. The van der Waals surface area contributed by atoms with E-state index < -0.39 is 5.79 Å². The van der Waals surface area contributed by atoms with Gasteiger partial charge < -0.3 is 10.2 Å². The van der Waals surface area contributed by atoms with Crippen LogP contribution in [0.25, 0.3) is 0 Å². The molecule has 0 spiro atoms. The minimum atomic E-state index is -1.84. The third kappa shape index (κ3) is 2.45. The Hall–Kier alpha value is -1.64. The van der Waals surface area contributed by atoms with Crippen molar-refractivity contribution in [1.29, 1.82) is 0 Å². The Balaban J connectivity index is 2.38. The van der Waals surface area contributed by atoms with Crippen molar-refractivity contribution in [2.75, 3.05) is 0 Å². The van der Waals surface area contributed by atoms with Crippen LogP contribution in [0, 0.1) is 0 Å². The van der Waals surface area contributed by atoms with Crippen molar-refractivity contribution in [2.45, 2.75) is 25.0 Å². The highest BCUT2D eigenvalue weighted by atomic mass is 16.5. The number of benzene rings is 2. The lowest BCUT2D eigenvalue weighted by molar-refractivity contribution is -0.189. The first-order valence-electron chi connectivity index (χ1n) is 6.21. The maximum atomic E-state index is 10.5. The van der Waals surface area contributed by atoms with Gasteiger partial charge in [-0.05, 0) is 12.0 Å². The Kier molecular flexibility index (Phi) is 3.80. The van der Waals surface area contributed by atoms with Crippen molar-refractivity contribution in [2.24, 2.45) is 0 Å². The molecule has 2 N–H and O–H groups in total. The minimum absolute atomic E-state index is 0.332. The zero-order valence-electron chi connectivity index (χ0n) is 10.5. The largest absolute Gasteiger partial charge is 0.361 e. The highest BCUT2D eigenvalue weighted by molar-refractivity contribution is 5.28. The molecule has 2 rings (SSSR count). The number of rotatable bonds is 4. The normalized spacial score (nSPS) is 13.3. The molecule has 1 atom stereocenters. The quantitative estimate of drug-likeness (QED) is 0.809. The fraction of sp³-hybridized carbons (Fsp3) is 0.250. The van der Waals surface area contributed by atoms with Gasteiger partial charge >= 0.3 is 0 Å². The van der Waals surface area contributed by atoms with E-state index in [1.807, 2.05) is 55.5 Å². The minimum Gasteiger partial charge on any atom is -0.361 e. The van der Waals surface area contributed by atoms with E-state index in [2.05, 4.69) is 0 Å². The number of hydrogen-bond acceptors (Lipinski definition) is 2. The Morgan fingerprint density at radius 3 is 1.89 bits per heavy atom. The molecule has 1 unspecified atom stereocenters. The summed E-state index contributed by atoms with van der Waals surface area (Å²) in [6.45, 7) is 1.96. The van der Waals surface area contributed by atoms with Gasteiger partial charge in [-0.1, -0.05) is 67.6 Å². The molecule has 0 saturated heterocycles. The van der Waals surface area contributed by atoms with Gasteiger partial charge in [-0.2, -0.15) is 0 Å². The van der Waals surface area contributed by atoms with E-state index in [1.165, 1.54) is 0 Å². The first kappa shape index (κ1) is 12.8. The number of aliphatic hydroxyl groups is 2. The van der Waals surface area contributed by atoms with Crippen LogP contribution < -0.4 is 0 Å². The summed E-state index contributed by atoms with van der Waals surface area (Å²) in [5.41, 5.74) is 1.47. The Labute approximate surface area is 108 Å². The van der Waals surface area contributed by atoms with Crippen LogP contribution in [0.5, 0.6) is 0 Å². The molecule has 2 aromatic carbocycles. The van der Waals surface area contributed by atoms with Crippen LogP contribution in [0.15, 0.2) is 60.7 Å². The Morgan fingerprint density at radius 1 is 0.889 bits per heavy atom. The average molecular weight is 242 g/mol. The summed E-state index contributed by atoms with van der Waals surface area (Å²) < 4.78 is 0. The molecule has 0 aliphatic carbocycles. The molecular formula is C16H18O2. The highest BCUT2D eigenvalue weighted by Gasteiger charge is 2.35. The maximum Gasteiger partial charge on any atom is 0.196 e. The molecule has 0 fully saturated rings. The smallest absolute Gasteiger partial charge is 0.196 e. The van der Waals surface area contributed by atoms with Gasteiger partial charge in [0.05, 0.1) is 0 Å². The van der Waals surface area contributed by atoms with Crippen molar-refractivity contribution in [3.63, 3.8) is 0 Å². The van der Waals surface area contributed by atoms with Gasteiger partial charge in [-0.3, -0.25) is 0 Å². The summed E-state index contributed by atoms with van der Waals surface area (Å²) in [4.78, 5) is 0. The molecular weight excluding hydrogens is 224 g/mol. The molecule has 0 bridgehead atoms. The van der Waals surface area contributed by atoms with Gasteiger partial charge in [0.25, 0.3) is 0 Å². The summed E-state index contributed by atoms with van der Waals surface area (Å²) >= 11 is 0. The predicted molar refractivity (Wildman–Crippen MR) is 72.0 cm³/mol. The monoisotopic (exact) mass is 242 g/mol. The van der Waals surface area contributed by atoms with E-state index in [-0.39, 0.29) is 5.92 Å². The van der Waals surface area contributed by atoms with Crippen LogP contribution >= 0.6 is 0 Å². The molecule has 18 heavy (non-hydrogen) atoms. The van der Waals surface area contributed by atoms with Gasteiger partial charge in [-0.25, -0.2) is 0 Å². The van der Waals surface area contributed by atoms with E-state index >= 15 is 0 Å². The van der Waals surface area contributed by atoms with Crippen LogP contribution in [0.3, 0.4) is 0 Å². The second kappa shape index (κ2) is 5.34. The molecule has 0 aromatic heterocycles. The zero-order valence-corrected chi connectivity index (χ0v) is 10.5. The Bertz CT molecular complexity index is 477. The lowest BCUT2D eigenvalue weighted by Crippen LogP contribution is -2.33.